The van der Waals surface area contributed by atoms with Gasteiger partial charge >= 0.3 is 0 Å². The number of amides is 1. The van der Waals surface area contributed by atoms with Crippen molar-refractivity contribution in [1.82, 2.24) is 5.32 Å². The Hall–Kier alpha value is -1.62. The number of thiocarbonyl (C=S) groups is 1. The van der Waals surface area contributed by atoms with E-state index in [0.717, 1.165) is 6.42 Å². The average molecular weight is 294 g/mol. The van der Waals surface area contributed by atoms with Gasteiger partial charge in [-0.3, -0.25) is 4.79 Å². The average Bonchev–Trinajstić information content (AvgIpc) is 2.44. The Labute approximate surface area is 125 Å². The van der Waals surface area contributed by atoms with Crippen molar-refractivity contribution >= 4 is 23.1 Å². The predicted molar refractivity (Wildman–Crippen MR) is 84.9 cm³/mol. The number of hydrogen-bond acceptors (Lipinski definition) is 3. The summed E-state index contributed by atoms with van der Waals surface area (Å²) in [5, 5.41) is 2.92. The van der Waals surface area contributed by atoms with Crippen LogP contribution in [0.15, 0.2) is 24.3 Å². The lowest BCUT2D eigenvalue weighted by atomic mass is 10.0. The molecule has 110 valence electrons. The van der Waals surface area contributed by atoms with Gasteiger partial charge in [0.25, 0.3) is 5.91 Å². The van der Waals surface area contributed by atoms with E-state index in [1.165, 1.54) is 0 Å². The summed E-state index contributed by atoms with van der Waals surface area (Å²) in [6, 6.07) is 7.29. The fourth-order valence-corrected chi connectivity index (χ4v) is 1.90. The van der Waals surface area contributed by atoms with E-state index in [2.05, 4.69) is 19.2 Å². The van der Waals surface area contributed by atoms with E-state index in [4.69, 9.17) is 22.7 Å². The van der Waals surface area contributed by atoms with Crippen LogP contribution in [0.3, 0.4) is 0 Å². The van der Waals surface area contributed by atoms with Crippen LogP contribution in [0.4, 0.5) is 0 Å². The van der Waals surface area contributed by atoms with Crippen LogP contribution >= 0.6 is 12.2 Å². The topological polar surface area (TPSA) is 64.3 Å². The standard InChI is InChI=1S/C15H22N2O2S/c1-4-10(2)11(3)17-14(18)9-19-13-8-6-5-7-12(13)15(16)20/h5-8,10-11H,4,9H2,1-3H3,(H2,16,20)(H,17,18). The number of carbonyl (C=O) groups is 1. The number of ether oxygens (including phenoxy) is 1. The first-order chi connectivity index (χ1) is 9.45. The minimum absolute atomic E-state index is 0.0413. The maximum Gasteiger partial charge on any atom is 0.258 e. The zero-order valence-corrected chi connectivity index (χ0v) is 13.0. The summed E-state index contributed by atoms with van der Waals surface area (Å²) in [4.78, 5) is 12.1. The van der Waals surface area contributed by atoms with E-state index in [9.17, 15) is 4.79 Å². The third-order valence-corrected chi connectivity index (χ3v) is 3.62. The van der Waals surface area contributed by atoms with Crippen molar-refractivity contribution in [3.8, 4) is 5.75 Å². The Morgan fingerprint density at radius 1 is 1.40 bits per heavy atom. The van der Waals surface area contributed by atoms with Gasteiger partial charge in [-0.2, -0.15) is 0 Å². The van der Waals surface area contributed by atoms with Gasteiger partial charge in [-0.15, -0.1) is 0 Å². The van der Waals surface area contributed by atoms with Gasteiger partial charge in [0.2, 0.25) is 0 Å². The summed E-state index contributed by atoms with van der Waals surface area (Å²) in [5.74, 6) is 0.824. The lowest BCUT2D eigenvalue weighted by molar-refractivity contribution is -0.124. The Balaban J connectivity index is 2.55. The highest BCUT2D eigenvalue weighted by atomic mass is 32.1. The molecule has 0 saturated heterocycles. The van der Waals surface area contributed by atoms with Crippen LogP contribution in [-0.2, 0) is 4.79 Å². The smallest absolute Gasteiger partial charge is 0.258 e. The molecule has 0 fully saturated rings. The van der Waals surface area contributed by atoms with Crippen LogP contribution < -0.4 is 15.8 Å². The quantitative estimate of drug-likeness (QED) is 0.757. The van der Waals surface area contributed by atoms with Crippen molar-refractivity contribution in [2.45, 2.75) is 33.2 Å². The third-order valence-electron chi connectivity index (χ3n) is 3.40. The molecule has 0 aromatic heterocycles. The van der Waals surface area contributed by atoms with E-state index >= 15 is 0 Å². The van der Waals surface area contributed by atoms with Gasteiger partial charge in [0.15, 0.2) is 6.61 Å². The normalized spacial score (nSPS) is 13.3. The summed E-state index contributed by atoms with van der Waals surface area (Å²) in [7, 11) is 0. The molecule has 0 heterocycles. The summed E-state index contributed by atoms with van der Waals surface area (Å²) in [6.45, 7) is 6.16. The molecule has 5 heteroatoms. The Bertz CT molecular complexity index is 477. The van der Waals surface area contributed by atoms with Crippen molar-refractivity contribution < 1.29 is 9.53 Å². The zero-order valence-electron chi connectivity index (χ0n) is 12.2. The maximum atomic E-state index is 11.8. The van der Waals surface area contributed by atoms with Gasteiger partial charge < -0.3 is 15.8 Å². The first-order valence-electron chi connectivity index (χ1n) is 6.76. The van der Waals surface area contributed by atoms with Crippen molar-refractivity contribution in [3.05, 3.63) is 29.8 Å². The number of para-hydroxylation sites is 1. The molecule has 2 atom stereocenters. The molecule has 0 bridgehead atoms. The first-order valence-corrected chi connectivity index (χ1v) is 7.17. The molecule has 1 aromatic carbocycles. The second-order valence-corrected chi connectivity index (χ2v) is 5.33. The zero-order chi connectivity index (χ0) is 15.1. The molecular weight excluding hydrogens is 272 g/mol. The van der Waals surface area contributed by atoms with E-state index in [0.29, 0.717) is 17.2 Å². The molecule has 0 aliphatic heterocycles. The van der Waals surface area contributed by atoms with Crippen molar-refractivity contribution in [2.75, 3.05) is 6.61 Å². The summed E-state index contributed by atoms with van der Waals surface area (Å²) < 4.78 is 5.49. The lowest BCUT2D eigenvalue weighted by Crippen LogP contribution is -2.39. The summed E-state index contributed by atoms with van der Waals surface area (Å²) in [5.41, 5.74) is 6.25. The molecular formula is C15H22N2O2S. The van der Waals surface area contributed by atoms with E-state index < -0.39 is 0 Å². The van der Waals surface area contributed by atoms with Crippen molar-refractivity contribution in [1.29, 1.82) is 0 Å². The Morgan fingerprint density at radius 3 is 2.65 bits per heavy atom. The molecule has 2 unspecified atom stereocenters. The van der Waals surface area contributed by atoms with E-state index in [1.54, 1.807) is 12.1 Å². The van der Waals surface area contributed by atoms with Gasteiger partial charge in [0.05, 0.1) is 5.56 Å². The fourth-order valence-electron chi connectivity index (χ4n) is 1.73. The summed E-state index contributed by atoms with van der Waals surface area (Å²) >= 11 is 4.95. The molecule has 1 aromatic rings. The fraction of sp³-hybridized carbons (Fsp3) is 0.467. The van der Waals surface area contributed by atoms with Crippen LogP contribution in [0.2, 0.25) is 0 Å². The van der Waals surface area contributed by atoms with Crippen molar-refractivity contribution in [2.24, 2.45) is 11.7 Å². The van der Waals surface area contributed by atoms with Gasteiger partial charge in [0.1, 0.15) is 10.7 Å². The van der Waals surface area contributed by atoms with Gasteiger partial charge in [-0.1, -0.05) is 44.6 Å². The van der Waals surface area contributed by atoms with Gasteiger partial charge in [-0.25, -0.2) is 0 Å². The lowest BCUT2D eigenvalue weighted by Gasteiger charge is -2.20. The highest BCUT2D eigenvalue weighted by molar-refractivity contribution is 7.80. The van der Waals surface area contributed by atoms with E-state index in [-0.39, 0.29) is 23.5 Å². The van der Waals surface area contributed by atoms with E-state index in [1.807, 2.05) is 19.1 Å². The minimum Gasteiger partial charge on any atom is -0.483 e. The van der Waals surface area contributed by atoms with Crippen LogP contribution in [0.1, 0.15) is 32.8 Å². The molecule has 1 rings (SSSR count). The van der Waals surface area contributed by atoms with Gasteiger partial charge in [-0.05, 0) is 25.0 Å². The monoisotopic (exact) mass is 294 g/mol. The van der Waals surface area contributed by atoms with Crippen LogP contribution in [0.25, 0.3) is 0 Å². The molecule has 0 spiro atoms. The third kappa shape index (κ3) is 4.81. The maximum absolute atomic E-state index is 11.8. The van der Waals surface area contributed by atoms with Crippen molar-refractivity contribution in [3.63, 3.8) is 0 Å². The molecule has 0 radical (unpaired) electrons. The number of hydrogen-bond donors (Lipinski definition) is 2. The second kappa shape index (κ2) is 7.85. The first kappa shape index (κ1) is 16.4. The highest BCUT2D eigenvalue weighted by Crippen LogP contribution is 2.17. The molecule has 0 aliphatic carbocycles. The molecule has 20 heavy (non-hydrogen) atoms. The minimum atomic E-state index is -0.143. The molecule has 1 amide bonds. The molecule has 0 aliphatic rings. The number of benzene rings is 1. The number of carbonyl (C=O) groups excluding carboxylic acids is 1. The SMILES string of the molecule is CCC(C)C(C)NC(=O)COc1ccccc1C(N)=S. The second-order valence-electron chi connectivity index (χ2n) is 4.89. The van der Waals surface area contributed by atoms with Crippen LogP contribution in [-0.4, -0.2) is 23.5 Å². The number of nitrogens with two attached hydrogens (primary N) is 1. The van der Waals surface area contributed by atoms with Crippen LogP contribution in [0.5, 0.6) is 5.75 Å². The molecule has 3 N–H and O–H groups in total. The molecule has 0 saturated carbocycles. The summed E-state index contributed by atoms with van der Waals surface area (Å²) in [6.07, 6.45) is 1.02. The van der Waals surface area contributed by atoms with Crippen LogP contribution in [0, 0.1) is 5.92 Å². The predicted octanol–water partition coefficient (Wildman–Crippen LogP) is 2.25. The highest BCUT2D eigenvalue weighted by Gasteiger charge is 2.14. The largest absolute Gasteiger partial charge is 0.483 e. The number of nitrogens with one attached hydrogen (secondary N) is 1. The molecule has 4 nitrogen and oxygen atoms in total. The Kier molecular flexibility index (Phi) is 6.45. The Morgan fingerprint density at radius 2 is 2.05 bits per heavy atom. The number of rotatable bonds is 7. The van der Waals surface area contributed by atoms with Gasteiger partial charge in [0, 0.05) is 6.04 Å².